The van der Waals surface area contributed by atoms with Gasteiger partial charge in [-0.25, -0.2) is 18.9 Å². The molecule has 3 aromatic rings. The lowest BCUT2D eigenvalue weighted by Crippen LogP contribution is -2.42. The van der Waals surface area contributed by atoms with E-state index in [9.17, 15) is 35.9 Å². The van der Waals surface area contributed by atoms with Crippen LogP contribution in [0.2, 0.25) is 0 Å². The van der Waals surface area contributed by atoms with Crippen LogP contribution in [0, 0.1) is 6.92 Å². The van der Waals surface area contributed by atoms with Crippen LogP contribution in [0.1, 0.15) is 41.3 Å². The molecule has 0 spiro atoms. The molecule has 19 heteroatoms. The molecule has 1 saturated heterocycles. The summed E-state index contributed by atoms with van der Waals surface area (Å²) in [7, 11) is 4.77. The van der Waals surface area contributed by atoms with Crippen LogP contribution in [0.4, 0.5) is 31.1 Å². The Kier molecular flexibility index (Phi) is 11.8. The van der Waals surface area contributed by atoms with Crippen molar-refractivity contribution in [3.05, 3.63) is 41.1 Å². The Morgan fingerprint density at radius 3 is 2.35 bits per heavy atom. The van der Waals surface area contributed by atoms with E-state index in [1.807, 2.05) is 5.32 Å². The molecule has 3 aromatic heterocycles. The molecule has 1 aliphatic heterocycles. The van der Waals surface area contributed by atoms with Gasteiger partial charge in [0.2, 0.25) is 0 Å². The summed E-state index contributed by atoms with van der Waals surface area (Å²) in [6, 6.07) is -1.21. The maximum absolute atomic E-state index is 12.8. The number of halogens is 6. The number of fused-ring (bicyclic) bond motifs is 1. The lowest BCUT2D eigenvalue weighted by molar-refractivity contribution is -0.263. The number of imidazole rings is 1. The first-order valence-corrected chi connectivity index (χ1v) is 12.5. The van der Waals surface area contributed by atoms with E-state index in [2.05, 4.69) is 35.1 Å². The Morgan fingerprint density at radius 1 is 1.19 bits per heavy atom. The molecule has 0 radical (unpaired) electrons. The summed E-state index contributed by atoms with van der Waals surface area (Å²) in [5.74, 6) is -0.279. The van der Waals surface area contributed by atoms with E-state index in [1.54, 1.807) is 27.2 Å². The standard InChI is InChI=1S/C17H19F6N5O2.C5H7N3O2.C2H6O/c1-15(2,17(21,22)23)30-4-3-11-8-28-13(25-11)5-10(6-24-28)7-27-9-12(16(18,19)20)26-14(27)29;1-3-4(5(9)6-2)8-10-7-3;1-3-2/h5-6,8,12H,3-4,7,9H2,1-2H3,(H,26,29);1-2H3,(H,6,9);1-2H3. The van der Waals surface area contributed by atoms with Gasteiger partial charge in [-0.05, 0) is 37.6 Å². The predicted molar refractivity (Wildman–Crippen MR) is 137 cm³/mol. The molecular formula is C24H32F6N8O5. The molecule has 0 bridgehead atoms. The molecule has 0 aromatic carbocycles. The molecule has 4 rings (SSSR count). The van der Waals surface area contributed by atoms with E-state index in [1.165, 1.54) is 24.0 Å². The van der Waals surface area contributed by atoms with Gasteiger partial charge in [0.1, 0.15) is 11.7 Å². The molecule has 1 fully saturated rings. The van der Waals surface area contributed by atoms with Gasteiger partial charge in [-0.2, -0.15) is 31.4 Å². The summed E-state index contributed by atoms with van der Waals surface area (Å²) in [6.07, 6.45) is -6.02. The van der Waals surface area contributed by atoms with E-state index in [0.29, 0.717) is 22.6 Å². The van der Waals surface area contributed by atoms with Gasteiger partial charge in [-0.15, -0.1) is 0 Å². The summed E-state index contributed by atoms with van der Waals surface area (Å²) >= 11 is 0. The summed E-state index contributed by atoms with van der Waals surface area (Å²) in [5, 5.41) is 15.2. The average molecular weight is 627 g/mol. The molecule has 43 heavy (non-hydrogen) atoms. The minimum Gasteiger partial charge on any atom is -0.388 e. The van der Waals surface area contributed by atoms with Gasteiger partial charge >= 0.3 is 18.4 Å². The number of methoxy groups -OCH3 is 1. The van der Waals surface area contributed by atoms with Crippen LogP contribution >= 0.6 is 0 Å². The average Bonchev–Trinajstić information content (AvgIpc) is 3.61. The highest BCUT2D eigenvalue weighted by Gasteiger charge is 2.48. The number of carbonyl (C=O) groups excluding carboxylic acids is 2. The van der Waals surface area contributed by atoms with Gasteiger partial charge in [0.15, 0.2) is 16.9 Å². The third-order valence-electron chi connectivity index (χ3n) is 5.78. The van der Waals surface area contributed by atoms with Crippen molar-refractivity contribution in [3.8, 4) is 0 Å². The zero-order chi connectivity index (χ0) is 32.6. The molecule has 13 nitrogen and oxygen atoms in total. The van der Waals surface area contributed by atoms with Crippen LogP contribution in [0.5, 0.6) is 0 Å². The number of rotatable bonds is 7. The van der Waals surface area contributed by atoms with Crippen molar-refractivity contribution < 1.29 is 50.0 Å². The molecule has 4 heterocycles. The molecule has 0 saturated carbocycles. The number of ether oxygens (including phenoxy) is 2. The smallest absolute Gasteiger partial charge is 0.388 e. The molecule has 2 N–H and O–H groups in total. The van der Waals surface area contributed by atoms with Crippen LogP contribution in [0.25, 0.3) is 5.65 Å². The minimum absolute atomic E-state index is 0.0903. The van der Waals surface area contributed by atoms with E-state index >= 15 is 0 Å². The van der Waals surface area contributed by atoms with Gasteiger partial charge in [-0.3, -0.25) is 4.79 Å². The zero-order valence-electron chi connectivity index (χ0n) is 24.1. The maximum atomic E-state index is 12.8. The predicted octanol–water partition coefficient (Wildman–Crippen LogP) is 3.09. The molecule has 1 atom stereocenters. The Morgan fingerprint density at radius 2 is 1.84 bits per heavy atom. The fourth-order valence-corrected chi connectivity index (χ4v) is 3.35. The number of hydrogen-bond donors (Lipinski definition) is 2. The van der Waals surface area contributed by atoms with Gasteiger partial charge in [0.25, 0.3) is 5.91 Å². The third kappa shape index (κ3) is 9.77. The first kappa shape index (κ1) is 35.2. The first-order chi connectivity index (χ1) is 19.9. The fourth-order valence-electron chi connectivity index (χ4n) is 3.35. The highest BCUT2D eigenvalue weighted by molar-refractivity contribution is 5.92. The number of nitrogens with one attached hydrogen (secondary N) is 2. The summed E-state index contributed by atoms with van der Waals surface area (Å²) < 4.78 is 91.6. The maximum Gasteiger partial charge on any atom is 0.416 e. The Bertz CT molecular complexity index is 1360. The third-order valence-corrected chi connectivity index (χ3v) is 5.78. The lowest BCUT2D eigenvalue weighted by atomic mass is 10.1. The summed E-state index contributed by atoms with van der Waals surface area (Å²) in [6.45, 7) is 2.70. The number of urea groups is 1. The topological polar surface area (TPSA) is 149 Å². The van der Waals surface area contributed by atoms with E-state index in [-0.39, 0.29) is 31.2 Å². The van der Waals surface area contributed by atoms with Crippen molar-refractivity contribution in [1.29, 1.82) is 0 Å². The monoisotopic (exact) mass is 626 g/mol. The van der Waals surface area contributed by atoms with E-state index in [0.717, 1.165) is 18.7 Å². The number of amides is 3. The van der Waals surface area contributed by atoms with Crippen LogP contribution in [-0.2, 0) is 22.4 Å². The van der Waals surface area contributed by atoms with Crippen LogP contribution < -0.4 is 10.6 Å². The number of aromatic nitrogens is 5. The number of nitrogens with zero attached hydrogens (tertiary/aromatic N) is 6. The van der Waals surface area contributed by atoms with E-state index in [4.69, 9.17) is 4.74 Å². The number of carbonyl (C=O) groups is 2. The molecule has 0 aliphatic carbocycles. The molecule has 1 aliphatic rings. The van der Waals surface area contributed by atoms with Crippen molar-refractivity contribution in [2.45, 2.75) is 57.7 Å². The minimum atomic E-state index is -4.53. The highest BCUT2D eigenvalue weighted by Crippen LogP contribution is 2.32. The molecule has 240 valence electrons. The SMILES string of the molecule is CC(C)(OCCc1cn2ncc(CN3CC(C(F)(F)F)NC3=O)cc2n1)C(F)(F)F.CNC(=O)c1nonc1C.COC. The second-order valence-electron chi connectivity index (χ2n) is 9.62. The normalized spacial score (nSPS) is 15.4. The fraction of sp³-hybridized carbons (Fsp3) is 0.583. The number of hydrogen-bond acceptors (Lipinski definition) is 9. The first-order valence-electron chi connectivity index (χ1n) is 12.5. The highest BCUT2D eigenvalue weighted by atomic mass is 19.4. The second kappa shape index (κ2) is 14.5. The molecule has 3 amide bonds. The Balaban J connectivity index is 0.000000413. The van der Waals surface area contributed by atoms with Gasteiger partial charge < -0.3 is 25.0 Å². The van der Waals surface area contributed by atoms with Crippen LogP contribution in [0.15, 0.2) is 23.1 Å². The quantitative estimate of drug-likeness (QED) is 0.378. The van der Waals surface area contributed by atoms with Crippen LogP contribution in [-0.4, -0.2) is 100 Å². The molecule has 1 unspecified atom stereocenters. The summed E-state index contributed by atoms with van der Waals surface area (Å²) in [4.78, 5) is 27.8. The van der Waals surface area contributed by atoms with Crippen molar-refractivity contribution in [2.75, 3.05) is 34.4 Å². The lowest BCUT2D eigenvalue weighted by Gasteiger charge is -2.27. The largest absolute Gasteiger partial charge is 0.416 e. The van der Waals surface area contributed by atoms with Gasteiger partial charge in [-0.1, -0.05) is 5.16 Å². The van der Waals surface area contributed by atoms with Crippen molar-refractivity contribution in [3.63, 3.8) is 0 Å². The second-order valence-corrected chi connectivity index (χ2v) is 9.62. The van der Waals surface area contributed by atoms with Crippen molar-refractivity contribution in [1.82, 2.24) is 40.4 Å². The van der Waals surface area contributed by atoms with E-state index < -0.39 is 36.6 Å². The zero-order valence-corrected chi connectivity index (χ0v) is 24.1. The van der Waals surface area contributed by atoms with Gasteiger partial charge in [0, 0.05) is 34.2 Å². The van der Waals surface area contributed by atoms with Gasteiger partial charge in [0.05, 0.1) is 31.2 Å². The Hall–Kier alpha value is -4.00. The Labute approximate surface area is 241 Å². The molecular weight excluding hydrogens is 594 g/mol. The van der Waals surface area contributed by atoms with Crippen LogP contribution in [0.3, 0.4) is 0 Å². The number of alkyl halides is 6. The summed E-state index contributed by atoms with van der Waals surface area (Å²) in [5.41, 5.74) is -0.297. The van der Waals surface area contributed by atoms with Crippen molar-refractivity contribution in [2.24, 2.45) is 0 Å². The number of aryl methyl sites for hydroxylation is 1. The van der Waals surface area contributed by atoms with Crippen molar-refractivity contribution >= 4 is 17.6 Å².